The van der Waals surface area contributed by atoms with Gasteiger partial charge < -0.3 is 20.1 Å². The monoisotopic (exact) mass is 303 g/mol. The molecule has 96 valence electrons. The zero-order valence-electron chi connectivity index (χ0n) is 10.1. The molecular weight excluding hydrogens is 286 g/mol. The molecule has 0 atom stereocenters. The summed E-state index contributed by atoms with van der Waals surface area (Å²) in [5, 5.41) is 0. The molecule has 1 aromatic rings. The first-order valence-electron chi connectivity index (χ1n) is 5.33. The van der Waals surface area contributed by atoms with Crippen molar-refractivity contribution < 1.29 is 9.47 Å². The van der Waals surface area contributed by atoms with Gasteiger partial charge in [0, 0.05) is 38.0 Å². The van der Waals surface area contributed by atoms with E-state index in [9.17, 15) is 0 Å². The number of hydrogen-bond donors (Lipinski definition) is 1. The number of aromatic nitrogens is 1. The number of rotatable bonds is 7. The molecule has 1 aromatic heterocycles. The predicted molar refractivity (Wildman–Crippen MR) is 72.3 cm³/mol. The van der Waals surface area contributed by atoms with Gasteiger partial charge in [-0.15, -0.1) is 0 Å². The van der Waals surface area contributed by atoms with E-state index in [2.05, 4.69) is 25.8 Å². The van der Waals surface area contributed by atoms with E-state index < -0.39 is 0 Å². The van der Waals surface area contributed by atoms with Crippen LogP contribution in [0.25, 0.3) is 0 Å². The predicted octanol–water partition coefficient (Wildman–Crippen LogP) is 1.53. The van der Waals surface area contributed by atoms with Crippen LogP contribution in [0.15, 0.2) is 16.7 Å². The summed E-state index contributed by atoms with van der Waals surface area (Å²) < 4.78 is 11.0. The number of anilines is 2. The Morgan fingerprint density at radius 3 is 2.35 bits per heavy atom. The molecule has 0 fully saturated rings. The van der Waals surface area contributed by atoms with Gasteiger partial charge in [-0.1, -0.05) is 0 Å². The first kappa shape index (κ1) is 14.2. The van der Waals surface area contributed by atoms with Crippen molar-refractivity contribution in [2.24, 2.45) is 0 Å². The third-order valence-electron chi connectivity index (χ3n) is 2.29. The molecule has 0 spiro atoms. The standard InChI is InChI=1S/C11H18BrN3O2/c1-16-5-3-15(4-6-17-2)11-10(13)7-9(12)8-14-11/h7-8H,3-6,13H2,1-2H3. The lowest BCUT2D eigenvalue weighted by molar-refractivity contribution is 0.190. The molecule has 0 radical (unpaired) electrons. The fourth-order valence-electron chi connectivity index (χ4n) is 1.44. The van der Waals surface area contributed by atoms with Crippen LogP contribution in [0.1, 0.15) is 0 Å². The number of ether oxygens (including phenoxy) is 2. The van der Waals surface area contributed by atoms with Gasteiger partial charge in [0.25, 0.3) is 0 Å². The molecule has 5 nitrogen and oxygen atoms in total. The summed E-state index contributed by atoms with van der Waals surface area (Å²) >= 11 is 3.34. The van der Waals surface area contributed by atoms with Gasteiger partial charge in [0.1, 0.15) is 0 Å². The van der Waals surface area contributed by atoms with Crippen molar-refractivity contribution in [1.82, 2.24) is 4.98 Å². The van der Waals surface area contributed by atoms with Gasteiger partial charge in [-0.3, -0.25) is 0 Å². The third-order valence-corrected chi connectivity index (χ3v) is 2.73. The highest BCUT2D eigenvalue weighted by Gasteiger charge is 2.11. The minimum Gasteiger partial charge on any atom is -0.396 e. The maximum Gasteiger partial charge on any atom is 0.152 e. The molecule has 0 aliphatic heterocycles. The van der Waals surface area contributed by atoms with Gasteiger partial charge in [0.15, 0.2) is 5.82 Å². The molecule has 0 aliphatic rings. The summed E-state index contributed by atoms with van der Waals surface area (Å²) in [6.45, 7) is 2.72. The van der Waals surface area contributed by atoms with Crippen LogP contribution < -0.4 is 10.6 Å². The first-order chi connectivity index (χ1) is 8.19. The normalized spacial score (nSPS) is 10.5. The molecule has 0 aliphatic carbocycles. The number of methoxy groups -OCH3 is 2. The van der Waals surface area contributed by atoms with Crippen LogP contribution in [0.2, 0.25) is 0 Å². The summed E-state index contributed by atoms with van der Waals surface area (Å²) in [5.41, 5.74) is 6.59. The van der Waals surface area contributed by atoms with Crippen LogP contribution in [-0.2, 0) is 9.47 Å². The molecule has 1 rings (SSSR count). The molecule has 0 saturated carbocycles. The van der Waals surface area contributed by atoms with Crippen molar-refractivity contribution in [2.45, 2.75) is 0 Å². The molecule has 0 saturated heterocycles. The SMILES string of the molecule is COCCN(CCOC)c1ncc(Br)cc1N. The molecule has 6 heteroatoms. The largest absolute Gasteiger partial charge is 0.396 e. The second-order valence-electron chi connectivity index (χ2n) is 3.54. The second kappa shape index (κ2) is 7.47. The Bertz CT molecular complexity index is 341. The maximum absolute atomic E-state index is 5.95. The summed E-state index contributed by atoms with van der Waals surface area (Å²) in [6.07, 6.45) is 1.73. The summed E-state index contributed by atoms with van der Waals surface area (Å²) in [4.78, 5) is 6.38. The van der Waals surface area contributed by atoms with E-state index in [0.29, 0.717) is 18.9 Å². The summed E-state index contributed by atoms with van der Waals surface area (Å²) in [7, 11) is 3.35. The van der Waals surface area contributed by atoms with Crippen molar-refractivity contribution in [3.63, 3.8) is 0 Å². The van der Waals surface area contributed by atoms with E-state index in [4.69, 9.17) is 15.2 Å². The highest BCUT2D eigenvalue weighted by molar-refractivity contribution is 9.10. The summed E-state index contributed by atoms with van der Waals surface area (Å²) in [5.74, 6) is 0.766. The quantitative estimate of drug-likeness (QED) is 0.828. The fraction of sp³-hybridized carbons (Fsp3) is 0.545. The Labute approximate surface area is 110 Å². The number of nitrogens with two attached hydrogens (primary N) is 1. The molecule has 2 N–H and O–H groups in total. The average Bonchev–Trinajstić information content (AvgIpc) is 2.30. The van der Waals surface area contributed by atoms with Crippen LogP contribution >= 0.6 is 15.9 Å². The van der Waals surface area contributed by atoms with Crippen molar-refractivity contribution >= 4 is 27.4 Å². The highest BCUT2D eigenvalue weighted by Crippen LogP contribution is 2.23. The van der Waals surface area contributed by atoms with Crippen molar-refractivity contribution in [3.8, 4) is 0 Å². The lowest BCUT2D eigenvalue weighted by Gasteiger charge is -2.24. The Balaban J connectivity index is 2.79. The number of pyridine rings is 1. The first-order valence-corrected chi connectivity index (χ1v) is 6.12. The molecule has 17 heavy (non-hydrogen) atoms. The molecular formula is C11H18BrN3O2. The van der Waals surface area contributed by atoms with Crippen LogP contribution in [0.3, 0.4) is 0 Å². The topological polar surface area (TPSA) is 60.6 Å². The van der Waals surface area contributed by atoms with E-state index >= 15 is 0 Å². The molecule has 0 unspecified atom stereocenters. The number of hydrogen-bond acceptors (Lipinski definition) is 5. The van der Waals surface area contributed by atoms with Crippen molar-refractivity contribution in [2.75, 3.05) is 51.2 Å². The van der Waals surface area contributed by atoms with Gasteiger partial charge >= 0.3 is 0 Å². The van der Waals surface area contributed by atoms with E-state index in [1.807, 2.05) is 6.07 Å². The van der Waals surface area contributed by atoms with Crippen molar-refractivity contribution in [3.05, 3.63) is 16.7 Å². The molecule has 0 amide bonds. The van der Waals surface area contributed by atoms with Gasteiger partial charge in [-0.25, -0.2) is 4.98 Å². The van der Waals surface area contributed by atoms with Gasteiger partial charge in [0.05, 0.1) is 18.9 Å². The number of nitrogens with zero attached hydrogens (tertiary/aromatic N) is 2. The Kier molecular flexibility index (Phi) is 6.25. The van der Waals surface area contributed by atoms with Crippen molar-refractivity contribution in [1.29, 1.82) is 0 Å². The van der Waals surface area contributed by atoms with E-state index in [0.717, 1.165) is 23.4 Å². The van der Waals surface area contributed by atoms with Crippen LogP contribution in [0.4, 0.5) is 11.5 Å². The molecule has 0 bridgehead atoms. The van der Waals surface area contributed by atoms with E-state index in [-0.39, 0.29) is 0 Å². The smallest absolute Gasteiger partial charge is 0.152 e. The van der Waals surface area contributed by atoms with Gasteiger partial charge in [-0.2, -0.15) is 0 Å². The molecule has 0 aromatic carbocycles. The third kappa shape index (κ3) is 4.49. The van der Waals surface area contributed by atoms with E-state index in [1.165, 1.54) is 0 Å². The highest BCUT2D eigenvalue weighted by atomic mass is 79.9. The Morgan fingerprint density at radius 2 is 1.88 bits per heavy atom. The lowest BCUT2D eigenvalue weighted by Crippen LogP contribution is -2.32. The van der Waals surface area contributed by atoms with Crippen LogP contribution in [0, 0.1) is 0 Å². The second-order valence-corrected chi connectivity index (χ2v) is 4.45. The van der Waals surface area contributed by atoms with E-state index in [1.54, 1.807) is 20.4 Å². The zero-order valence-corrected chi connectivity index (χ0v) is 11.7. The van der Waals surface area contributed by atoms with Gasteiger partial charge in [0.2, 0.25) is 0 Å². The number of nitrogen functional groups attached to an aromatic ring is 1. The lowest BCUT2D eigenvalue weighted by atomic mass is 10.3. The van der Waals surface area contributed by atoms with Crippen LogP contribution in [0.5, 0.6) is 0 Å². The van der Waals surface area contributed by atoms with Gasteiger partial charge in [-0.05, 0) is 22.0 Å². The average molecular weight is 304 g/mol. The maximum atomic E-state index is 5.95. The Hall–Kier alpha value is -0.850. The number of halogens is 1. The minimum absolute atomic E-state index is 0.626. The summed E-state index contributed by atoms with van der Waals surface area (Å²) in [6, 6.07) is 1.84. The Morgan fingerprint density at radius 1 is 1.29 bits per heavy atom. The molecule has 1 heterocycles. The fourth-order valence-corrected chi connectivity index (χ4v) is 1.79. The zero-order chi connectivity index (χ0) is 12.7. The van der Waals surface area contributed by atoms with Crippen LogP contribution in [-0.4, -0.2) is 45.5 Å². The minimum atomic E-state index is 0.626.